The second kappa shape index (κ2) is 6.62. The number of carbonyl (C=O) groups excluding carboxylic acids is 1. The van der Waals surface area contributed by atoms with E-state index in [1.165, 1.54) is 0 Å². The van der Waals surface area contributed by atoms with Crippen molar-refractivity contribution >= 4 is 11.6 Å². The number of fused-ring (bicyclic) bond motifs is 1. The number of para-hydroxylation sites is 2. The number of furan rings is 1. The van der Waals surface area contributed by atoms with Crippen LogP contribution in [0.2, 0.25) is 0 Å². The minimum Gasteiger partial charge on any atom is -0.463 e. The van der Waals surface area contributed by atoms with Crippen LogP contribution in [0.3, 0.4) is 0 Å². The number of aromatic nitrogens is 2. The van der Waals surface area contributed by atoms with E-state index in [4.69, 9.17) is 9.52 Å². The minimum absolute atomic E-state index is 0.0645. The molecule has 6 rings (SSSR count). The van der Waals surface area contributed by atoms with Crippen molar-refractivity contribution in [1.82, 2.24) is 14.7 Å². The van der Waals surface area contributed by atoms with E-state index < -0.39 is 0 Å². The third-order valence-electron chi connectivity index (χ3n) is 5.72. The second-order valence-corrected chi connectivity index (χ2v) is 7.73. The molecule has 2 aliphatic rings. The lowest BCUT2D eigenvalue weighted by molar-refractivity contribution is 0.0667. The Hall–Kier alpha value is -3.80. The van der Waals surface area contributed by atoms with Gasteiger partial charge in [-0.25, -0.2) is 4.68 Å². The molecule has 0 saturated heterocycles. The van der Waals surface area contributed by atoms with Crippen LogP contribution >= 0.6 is 0 Å². The summed E-state index contributed by atoms with van der Waals surface area (Å²) in [7, 11) is 0. The summed E-state index contributed by atoms with van der Waals surface area (Å²) in [5.74, 6) is 0.748. The zero-order valence-corrected chi connectivity index (χ0v) is 16.2. The van der Waals surface area contributed by atoms with Crippen molar-refractivity contribution in [1.29, 1.82) is 0 Å². The van der Waals surface area contributed by atoms with Crippen molar-refractivity contribution in [3.05, 3.63) is 90.3 Å². The zero-order chi connectivity index (χ0) is 20.1. The molecule has 30 heavy (non-hydrogen) atoms. The topological polar surface area (TPSA) is 63.3 Å². The van der Waals surface area contributed by atoms with E-state index in [1.54, 1.807) is 6.26 Å². The van der Waals surface area contributed by atoms with E-state index in [-0.39, 0.29) is 18.1 Å². The molecular formula is C24H20N4O2. The molecule has 2 aromatic heterocycles. The van der Waals surface area contributed by atoms with Gasteiger partial charge in [-0.1, -0.05) is 30.3 Å². The molecule has 0 unspecified atom stereocenters. The van der Waals surface area contributed by atoms with Crippen molar-refractivity contribution < 1.29 is 9.21 Å². The third kappa shape index (κ3) is 2.72. The quantitative estimate of drug-likeness (QED) is 0.535. The molecule has 4 aromatic rings. The van der Waals surface area contributed by atoms with Gasteiger partial charge in [-0.3, -0.25) is 4.79 Å². The normalized spacial score (nSPS) is 18.2. The highest BCUT2D eigenvalue weighted by molar-refractivity contribution is 6.02. The molecule has 0 spiro atoms. The maximum Gasteiger partial charge on any atom is 0.258 e. The molecule has 6 nitrogen and oxygen atoms in total. The summed E-state index contributed by atoms with van der Waals surface area (Å²) in [5, 5.41) is 8.43. The van der Waals surface area contributed by atoms with Crippen LogP contribution in [0.4, 0.5) is 5.69 Å². The van der Waals surface area contributed by atoms with Gasteiger partial charge in [-0.15, -0.1) is 0 Å². The van der Waals surface area contributed by atoms with Gasteiger partial charge >= 0.3 is 0 Å². The predicted octanol–water partition coefficient (Wildman–Crippen LogP) is 4.86. The Morgan fingerprint density at radius 1 is 0.967 bits per heavy atom. The Bertz CT molecular complexity index is 1210. The first-order valence-electron chi connectivity index (χ1n) is 10.2. The number of rotatable bonds is 4. The highest BCUT2D eigenvalue weighted by atomic mass is 16.3. The summed E-state index contributed by atoms with van der Waals surface area (Å²) >= 11 is 0. The smallest absolute Gasteiger partial charge is 0.258 e. The van der Waals surface area contributed by atoms with Crippen LogP contribution in [0.5, 0.6) is 0 Å². The van der Waals surface area contributed by atoms with Crippen molar-refractivity contribution in [3.63, 3.8) is 0 Å². The number of carbonyl (C=O) groups is 1. The highest BCUT2D eigenvalue weighted by Gasteiger charge is 2.43. The fourth-order valence-electron chi connectivity index (χ4n) is 4.13. The first kappa shape index (κ1) is 17.1. The summed E-state index contributed by atoms with van der Waals surface area (Å²) in [6.45, 7) is 0. The van der Waals surface area contributed by atoms with Gasteiger partial charge < -0.3 is 14.6 Å². The first-order chi connectivity index (χ1) is 14.8. The van der Waals surface area contributed by atoms with E-state index >= 15 is 0 Å². The summed E-state index contributed by atoms with van der Waals surface area (Å²) < 4.78 is 7.55. The number of benzene rings is 2. The van der Waals surface area contributed by atoms with Crippen molar-refractivity contribution in [2.45, 2.75) is 25.0 Å². The molecule has 2 aromatic carbocycles. The molecule has 1 fully saturated rings. The Morgan fingerprint density at radius 2 is 1.77 bits per heavy atom. The largest absolute Gasteiger partial charge is 0.463 e. The van der Waals surface area contributed by atoms with Gasteiger partial charge in [0.25, 0.3) is 5.91 Å². The molecule has 1 N–H and O–H groups in total. The number of hydrogen-bond acceptors (Lipinski definition) is 4. The highest BCUT2D eigenvalue weighted by Crippen LogP contribution is 2.43. The van der Waals surface area contributed by atoms with Crippen molar-refractivity contribution in [2.75, 3.05) is 5.32 Å². The Morgan fingerprint density at radius 3 is 2.53 bits per heavy atom. The Labute approximate surface area is 173 Å². The summed E-state index contributed by atoms with van der Waals surface area (Å²) in [4.78, 5) is 15.4. The second-order valence-electron chi connectivity index (χ2n) is 7.73. The van der Waals surface area contributed by atoms with Crippen LogP contribution in [-0.2, 0) is 0 Å². The minimum atomic E-state index is -0.308. The van der Waals surface area contributed by atoms with Gasteiger partial charge in [0.05, 0.1) is 17.5 Å². The molecule has 1 saturated carbocycles. The SMILES string of the molecule is O=C1c2ccccc2N[C@@H](c2cn(-c3ccccc3)nc2-c2ccco2)N1C1CC1. The Balaban J connectivity index is 1.52. The summed E-state index contributed by atoms with van der Waals surface area (Å²) in [6.07, 6.45) is 5.39. The number of nitrogens with zero attached hydrogens (tertiary/aromatic N) is 3. The van der Waals surface area contributed by atoms with E-state index in [0.29, 0.717) is 5.76 Å². The fourth-order valence-corrected chi connectivity index (χ4v) is 4.13. The number of hydrogen-bond donors (Lipinski definition) is 1. The zero-order valence-electron chi connectivity index (χ0n) is 16.2. The van der Waals surface area contributed by atoms with E-state index in [1.807, 2.05) is 82.5 Å². The maximum atomic E-state index is 13.4. The first-order valence-corrected chi connectivity index (χ1v) is 10.2. The maximum absolute atomic E-state index is 13.4. The summed E-state index contributed by atoms with van der Waals surface area (Å²) in [6, 6.07) is 21.7. The van der Waals surface area contributed by atoms with Crippen LogP contribution in [0, 0.1) is 0 Å². The van der Waals surface area contributed by atoms with E-state index in [2.05, 4.69) is 5.32 Å². The van der Waals surface area contributed by atoms with Crippen LogP contribution in [0.15, 0.2) is 83.6 Å². The number of nitrogens with one attached hydrogen (secondary N) is 1. The molecule has 0 radical (unpaired) electrons. The lowest BCUT2D eigenvalue weighted by atomic mass is 10.0. The fraction of sp³-hybridized carbons (Fsp3) is 0.167. The van der Waals surface area contributed by atoms with Crippen LogP contribution in [0.25, 0.3) is 17.1 Å². The number of anilines is 1. The van der Waals surface area contributed by atoms with Crippen molar-refractivity contribution in [2.24, 2.45) is 0 Å². The molecule has 1 amide bonds. The van der Waals surface area contributed by atoms with Gasteiger partial charge in [0.15, 0.2) is 5.76 Å². The third-order valence-corrected chi connectivity index (χ3v) is 5.72. The average molecular weight is 396 g/mol. The van der Waals surface area contributed by atoms with Gasteiger partial charge in [0.1, 0.15) is 11.9 Å². The van der Waals surface area contributed by atoms with E-state index in [9.17, 15) is 4.79 Å². The lowest BCUT2D eigenvalue weighted by Gasteiger charge is -2.38. The molecular weight excluding hydrogens is 376 g/mol. The standard InChI is InChI=1S/C24H20N4O2/c29-24-18-9-4-5-10-20(18)25-23(28(24)17-12-13-17)19-15-27(16-7-2-1-3-8-16)26-22(19)21-11-6-14-30-21/h1-11,14-15,17,23,25H,12-13H2/t23-/m1/s1. The van der Waals surface area contributed by atoms with E-state index in [0.717, 1.165) is 41.0 Å². The molecule has 1 atom stereocenters. The molecule has 0 bridgehead atoms. The van der Waals surface area contributed by atoms with Gasteiger partial charge in [0.2, 0.25) is 0 Å². The lowest BCUT2D eigenvalue weighted by Crippen LogP contribution is -2.44. The molecule has 6 heteroatoms. The van der Waals surface area contributed by atoms with Crippen LogP contribution < -0.4 is 5.32 Å². The predicted molar refractivity (Wildman–Crippen MR) is 113 cm³/mol. The van der Waals surface area contributed by atoms with Crippen LogP contribution in [0.1, 0.15) is 34.9 Å². The molecule has 148 valence electrons. The van der Waals surface area contributed by atoms with Gasteiger partial charge in [-0.2, -0.15) is 5.10 Å². The van der Waals surface area contributed by atoms with Gasteiger partial charge in [-0.05, 0) is 49.2 Å². The number of amides is 1. The summed E-state index contributed by atoms with van der Waals surface area (Å²) in [5.41, 5.74) is 4.18. The van der Waals surface area contributed by atoms with Gasteiger partial charge in [0, 0.05) is 23.5 Å². The molecule has 1 aliphatic carbocycles. The Kier molecular flexibility index (Phi) is 3.77. The van der Waals surface area contributed by atoms with Crippen molar-refractivity contribution in [3.8, 4) is 17.1 Å². The monoisotopic (exact) mass is 396 g/mol. The molecule has 3 heterocycles. The molecule has 1 aliphatic heterocycles. The van der Waals surface area contributed by atoms with Crippen LogP contribution in [-0.4, -0.2) is 26.6 Å². The average Bonchev–Trinajstić information content (AvgIpc) is 3.29.